The molecule has 0 saturated heterocycles. The third-order valence-electron chi connectivity index (χ3n) is 3.04. The first-order valence-corrected chi connectivity index (χ1v) is 6.99. The molecular formula is C14H22N4O2. The molecule has 2 heterocycles. The molecule has 2 aromatic heterocycles. The Hall–Kier alpha value is -1.82. The Morgan fingerprint density at radius 2 is 1.95 bits per heavy atom. The van der Waals surface area contributed by atoms with Crippen LogP contribution < -0.4 is 10.6 Å². The molecule has 0 bridgehead atoms. The van der Waals surface area contributed by atoms with Gasteiger partial charge in [0, 0.05) is 0 Å². The normalized spacial score (nSPS) is 14.2. The van der Waals surface area contributed by atoms with Crippen LogP contribution in [0.3, 0.4) is 0 Å². The van der Waals surface area contributed by atoms with E-state index >= 15 is 0 Å². The van der Waals surface area contributed by atoms with E-state index in [1.54, 1.807) is 0 Å². The first-order valence-electron chi connectivity index (χ1n) is 6.99. The van der Waals surface area contributed by atoms with Gasteiger partial charge in [-0.15, -0.1) is 5.10 Å². The zero-order chi connectivity index (χ0) is 14.5. The van der Waals surface area contributed by atoms with Gasteiger partial charge in [-0.25, -0.2) is 0 Å². The third-order valence-corrected chi connectivity index (χ3v) is 3.04. The molecule has 0 fully saturated rings. The summed E-state index contributed by atoms with van der Waals surface area (Å²) in [4.78, 5) is 0. The van der Waals surface area contributed by atoms with Gasteiger partial charge in [0.05, 0.1) is 12.1 Å². The first-order chi connectivity index (χ1) is 9.60. The molecule has 2 atom stereocenters. The van der Waals surface area contributed by atoms with Gasteiger partial charge in [-0.2, -0.15) is 0 Å². The number of hydrogen-bond donors (Lipinski definition) is 2. The van der Waals surface area contributed by atoms with Crippen LogP contribution in [0.15, 0.2) is 21.0 Å². The predicted octanol–water partition coefficient (Wildman–Crippen LogP) is 3.20. The summed E-state index contributed by atoms with van der Waals surface area (Å²) in [5.41, 5.74) is 0. The zero-order valence-corrected chi connectivity index (χ0v) is 12.4. The number of anilines is 1. The fourth-order valence-corrected chi connectivity index (χ4v) is 1.86. The number of aromatic nitrogens is 2. The van der Waals surface area contributed by atoms with Crippen LogP contribution in [-0.2, 0) is 0 Å². The van der Waals surface area contributed by atoms with Crippen LogP contribution >= 0.6 is 0 Å². The van der Waals surface area contributed by atoms with Gasteiger partial charge in [-0.3, -0.25) is 0 Å². The van der Waals surface area contributed by atoms with Crippen molar-refractivity contribution in [3.05, 3.63) is 29.5 Å². The Labute approximate surface area is 119 Å². The highest BCUT2D eigenvalue weighted by Gasteiger charge is 2.16. The van der Waals surface area contributed by atoms with Crippen LogP contribution in [0, 0.1) is 6.92 Å². The Morgan fingerprint density at radius 3 is 2.60 bits per heavy atom. The van der Waals surface area contributed by atoms with Gasteiger partial charge in [0.15, 0.2) is 0 Å². The third kappa shape index (κ3) is 3.60. The molecule has 0 aliphatic heterocycles. The van der Waals surface area contributed by atoms with E-state index in [-0.39, 0.29) is 12.1 Å². The van der Waals surface area contributed by atoms with Crippen molar-refractivity contribution in [1.29, 1.82) is 0 Å². The van der Waals surface area contributed by atoms with Crippen LogP contribution in [0.4, 0.5) is 6.01 Å². The van der Waals surface area contributed by atoms with Crippen molar-refractivity contribution < 1.29 is 8.83 Å². The molecule has 2 aromatic rings. The van der Waals surface area contributed by atoms with Gasteiger partial charge in [-0.05, 0) is 45.9 Å². The summed E-state index contributed by atoms with van der Waals surface area (Å²) < 4.78 is 11.2. The SMILES string of the molecule is CCCNC(C)c1nnc(NC(C)c2ccc(C)o2)o1. The maximum absolute atomic E-state index is 5.60. The molecular weight excluding hydrogens is 256 g/mol. The lowest BCUT2D eigenvalue weighted by molar-refractivity contribution is 0.416. The summed E-state index contributed by atoms with van der Waals surface area (Å²) in [7, 11) is 0. The molecule has 2 rings (SSSR count). The largest absolute Gasteiger partial charge is 0.464 e. The van der Waals surface area contributed by atoms with Gasteiger partial charge < -0.3 is 19.5 Å². The van der Waals surface area contributed by atoms with Gasteiger partial charge >= 0.3 is 6.01 Å². The summed E-state index contributed by atoms with van der Waals surface area (Å²) >= 11 is 0. The van der Waals surface area contributed by atoms with Crippen molar-refractivity contribution in [1.82, 2.24) is 15.5 Å². The van der Waals surface area contributed by atoms with Crippen LogP contribution in [0.5, 0.6) is 0 Å². The lowest BCUT2D eigenvalue weighted by atomic mass is 10.2. The molecule has 0 spiro atoms. The first kappa shape index (κ1) is 14.6. The number of nitrogens with zero attached hydrogens (tertiary/aromatic N) is 2. The smallest absolute Gasteiger partial charge is 0.316 e. The van der Waals surface area contributed by atoms with Crippen LogP contribution in [0.25, 0.3) is 0 Å². The van der Waals surface area contributed by atoms with E-state index in [9.17, 15) is 0 Å². The number of aryl methyl sites for hydroxylation is 1. The Kier molecular flexibility index (Phi) is 4.79. The quantitative estimate of drug-likeness (QED) is 0.810. The van der Waals surface area contributed by atoms with E-state index in [0.717, 1.165) is 24.5 Å². The van der Waals surface area contributed by atoms with E-state index in [4.69, 9.17) is 8.83 Å². The average Bonchev–Trinajstić information content (AvgIpc) is 3.05. The van der Waals surface area contributed by atoms with E-state index in [2.05, 4.69) is 27.8 Å². The van der Waals surface area contributed by atoms with E-state index in [1.165, 1.54) is 0 Å². The van der Waals surface area contributed by atoms with Crippen molar-refractivity contribution in [3.63, 3.8) is 0 Å². The molecule has 6 nitrogen and oxygen atoms in total. The number of nitrogens with one attached hydrogen (secondary N) is 2. The fourth-order valence-electron chi connectivity index (χ4n) is 1.86. The van der Waals surface area contributed by atoms with E-state index < -0.39 is 0 Å². The zero-order valence-electron chi connectivity index (χ0n) is 12.4. The molecule has 2 unspecified atom stereocenters. The molecule has 0 aromatic carbocycles. The van der Waals surface area contributed by atoms with Crippen molar-refractivity contribution >= 4 is 6.01 Å². The molecule has 0 amide bonds. The van der Waals surface area contributed by atoms with E-state index in [0.29, 0.717) is 11.9 Å². The summed E-state index contributed by atoms with van der Waals surface area (Å²) in [5, 5.41) is 14.5. The molecule has 2 N–H and O–H groups in total. The maximum atomic E-state index is 5.60. The lowest BCUT2D eigenvalue weighted by Gasteiger charge is -2.09. The number of rotatable bonds is 7. The highest BCUT2D eigenvalue weighted by Crippen LogP contribution is 2.21. The standard InChI is InChI=1S/C14H22N4O2/c1-5-8-15-11(4)13-17-18-14(20-13)16-10(3)12-7-6-9(2)19-12/h6-7,10-11,15H,5,8H2,1-4H3,(H,16,18). The van der Waals surface area contributed by atoms with Crippen molar-refractivity contribution in [2.75, 3.05) is 11.9 Å². The predicted molar refractivity (Wildman–Crippen MR) is 76.5 cm³/mol. The van der Waals surface area contributed by atoms with Crippen LogP contribution in [0.1, 0.15) is 56.7 Å². The van der Waals surface area contributed by atoms with Gasteiger partial charge in [0.25, 0.3) is 0 Å². The van der Waals surface area contributed by atoms with Gasteiger partial charge in [0.2, 0.25) is 5.89 Å². The molecule has 0 radical (unpaired) electrons. The van der Waals surface area contributed by atoms with Crippen LogP contribution in [-0.4, -0.2) is 16.7 Å². The molecule has 20 heavy (non-hydrogen) atoms. The van der Waals surface area contributed by atoms with E-state index in [1.807, 2.05) is 32.9 Å². The Bertz CT molecular complexity index is 535. The molecule has 6 heteroatoms. The van der Waals surface area contributed by atoms with Crippen LogP contribution in [0.2, 0.25) is 0 Å². The Morgan fingerprint density at radius 1 is 1.15 bits per heavy atom. The van der Waals surface area contributed by atoms with Gasteiger partial charge in [0.1, 0.15) is 11.5 Å². The Balaban J connectivity index is 1.95. The minimum atomic E-state index is -0.0177. The van der Waals surface area contributed by atoms with Gasteiger partial charge in [-0.1, -0.05) is 12.0 Å². The topological polar surface area (TPSA) is 76.1 Å². The van der Waals surface area contributed by atoms with Crippen molar-refractivity contribution in [2.24, 2.45) is 0 Å². The lowest BCUT2D eigenvalue weighted by Crippen LogP contribution is -2.19. The second kappa shape index (κ2) is 6.56. The number of furan rings is 1. The minimum Gasteiger partial charge on any atom is -0.464 e. The monoisotopic (exact) mass is 278 g/mol. The van der Waals surface area contributed by atoms with Crippen molar-refractivity contribution in [3.8, 4) is 0 Å². The summed E-state index contributed by atoms with van der Waals surface area (Å²) in [6.45, 7) is 8.96. The molecule has 0 saturated carbocycles. The highest BCUT2D eigenvalue weighted by molar-refractivity contribution is 5.24. The minimum absolute atomic E-state index is 0.0177. The van der Waals surface area contributed by atoms with Crippen molar-refractivity contribution in [2.45, 2.75) is 46.2 Å². The summed E-state index contributed by atoms with van der Waals surface area (Å²) in [6, 6.07) is 4.32. The second-order valence-corrected chi connectivity index (χ2v) is 4.94. The number of hydrogen-bond acceptors (Lipinski definition) is 6. The molecule has 110 valence electrons. The summed E-state index contributed by atoms with van der Waals surface area (Å²) in [5.74, 6) is 2.32. The highest BCUT2D eigenvalue weighted by atomic mass is 16.4. The molecule has 0 aliphatic carbocycles. The maximum Gasteiger partial charge on any atom is 0.316 e. The second-order valence-electron chi connectivity index (χ2n) is 4.94. The molecule has 0 aliphatic rings. The average molecular weight is 278 g/mol. The fraction of sp³-hybridized carbons (Fsp3) is 0.571. The summed E-state index contributed by atoms with van der Waals surface area (Å²) in [6.07, 6.45) is 1.07.